The van der Waals surface area contributed by atoms with Gasteiger partial charge < -0.3 is 10.0 Å². The standard InChI is InChI=1S/C14H13Cl2NO3S/c15-8-2-1-3-9(16)11(8)12(18)17-10(14(19)20)6-21-13(17)7-4-5-7/h1-3,7,10,13H,4-6H2,(H,19,20). The Balaban J connectivity index is 1.98. The maximum Gasteiger partial charge on any atom is 0.327 e. The molecule has 0 bridgehead atoms. The molecule has 1 N–H and O–H groups in total. The molecule has 1 aliphatic carbocycles. The van der Waals surface area contributed by atoms with Gasteiger partial charge in [0.25, 0.3) is 5.91 Å². The van der Waals surface area contributed by atoms with Crippen LogP contribution >= 0.6 is 35.0 Å². The van der Waals surface area contributed by atoms with Crippen LogP contribution < -0.4 is 0 Å². The predicted molar refractivity (Wildman–Crippen MR) is 83.0 cm³/mol. The molecule has 1 heterocycles. The predicted octanol–water partition coefficient (Wildman–Crippen LogP) is 3.37. The van der Waals surface area contributed by atoms with Crippen molar-refractivity contribution in [3.8, 4) is 0 Å². The number of amides is 1. The summed E-state index contributed by atoms with van der Waals surface area (Å²) in [5, 5.41) is 9.78. The quantitative estimate of drug-likeness (QED) is 0.912. The number of halogens is 2. The van der Waals surface area contributed by atoms with E-state index < -0.39 is 12.0 Å². The number of carboxylic acids is 1. The van der Waals surface area contributed by atoms with E-state index in [1.54, 1.807) is 18.2 Å². The van der Waals surface area contributed by atoms with Crippen LogP contribution in [0.15, 0.2) is 18.2 Å². The molecule has 2 unspecified atom stereocenters. The van der Waals surface area contributed by atoms with Crippen molar-refractivity contribution in [3.63, 3.8) is 0 Å². The largest absolute Gasteiger partial charge is 0.480 e. The molecule has 1 amide bonds. The minimum atomic E-state index is -0.984. The lowest BCUT2D eigenvalue weighted by molar-refractivity contribution is -0.141. The highest BCUT2D eigenvalue weighted by molar-refractivity contribution is 8.00. The molecule has 4 nitrogen and oxygen atoms in total. The molecule has 7 heteroatoms. The van der Waals surface area contributed by atoms with Gasteiger partial charge in [0.1, 0.15) is 6.04 Å². The van der Waals surface area contributed by atoms with Crippen LogP contribution in [-0.2, 0) is 4.79 Å². The van der Waals surface area contributed by atoms with Gasteiger partial charge in [0.05, 0.1) is 21.0 Å². The van der Waals surface area contributed by atoms with Gasteiger partial charge in [-0.1, -0.05) is 29.3 Å². The van der Waals surface area contributed by atoms with Crippen molar-refractivity contribution >= 4 is 46.8 Å². The van der Waals surface area contributed by atoms with E-state index in [0.717, 1.165) is 12.8 Å². The van der Waals surface area contributed by atoms with Crippen LogP contribution in [0.3, 0.4) is 0 Å². The highest BCUT2D eigenvalue weighted by atomic mass is 35.5. The van der Waals surface area contributed by atoms with E-state index in [1.807, 2.05) is 0 Å². The third kappa shape index (κ3) is 2.74. The summed E-state index contributed by atoms with van der Waals surface area (Å²) in [4.78, 5) is 25.7. The average molecular weight is 346 g/mol. The fraction of sp³-hybridized carbons (Fsp3) is 0.429. The van der Waals surface area contributed by atoms with Crippen LogP contribution in [0.1, 0.15) is 23.2 Å². The second kappa shape index (κ2) is 5.71. The van der Waals surface area contributed by atoms with E-state index in [0.29, 0.717) is 11.7 Å². The Hall–Kier alpha value is -0.910. The van der Waals surface area contributed by atoms with Gasteiger partial charge in [0.15, 0.2) is 0 Å². The van der Waals surface area contributed by atoms with Crippen molar-refractivity contribution in [2.45, 2.75) is 24.3 Å². The third-order valence-electron chi connectivity index (χ3n) is 3.76. The lowest BCUT2D eigenvalue weighted by Gasteiger charge is -2.28. The fourth-order valence-electron chi connectivity index (χ4n) is 2.55. The topological polar surface area (TPSA) is 57.6 Å². The number of rotatable bonds is 3. The van der Waals surface area contributed by atoms with E-state index in [2.05, 4.69) is 0 Å². The molecule has 1 saturated heterocycles. The number of carbonyl (C=O) groups excluding carboxylic acids is 1. The van der Waals surface area contributed by atoms with Gasteiger partial charge in [-0.05, 0) is 30.9 Å². The number of thioether (sulfide) groups is 1. The van der Waals surface area contributed by atoms with Crippen molar-refractivity contribution in [3.05, 3.63) is 33.8 Å². The fourth-order valence-corrected chi connectivity index (χ4v) is 4.74. The Morgan fingerprint density at radius 2 is 1.86 bits per heavy atom. The summed E-state index contributed by atoms with van der Waals surface area (Å²) in [7, 11) is 0. The first-order chi connectivity index (χ1) is 10.0. The van der Waals surface area contributed by atoms with Gasteiger partial charge in [-0.2, -0.15) is 0 Å². The number of benzene rings is 1. The van der Waals surface area contributed by atoms with Crippen LogP contribution in [0.5, 0.6) is 0 Å². The summed E-state index contributed by atoms with van der Waals surface area (Å²) in [6.07, 6.45) is 2.06. The smallest absolute Gasteiger partial charge is 0.327 e. The van der Waals surface area contributed by atoms with Crippen molar-refractivity contribution in [2.75, 3.05) is 5.75 Å². The van der Waals surface area contributed by atoms with Gasteiger partial charge >= 0.3 is 5.97 Å². The Morgan fingerprint density at radius 1 is 1.24 bits per heavy atom. The Morgan fingerprint density at radius 3 is 2.38 bits per heavy atom. The highest BCUT2D eigenvalue weighted by Crippen LogP contribution is 2.46. The summed E-state index contributed by atoms with van der Waals surface area (Å²) < 4.78 is 0. The second-order valence-corrected chi connectivity index (χ2v) is 7.19. The molecule has 0 spiro atoms. The summed E-state index contributed by atoms with van der Waals surface area (Å²) in [6, 6.07) is 4.02. The average Bonchev–Trinajstić information content (AvgIpc) is 3.16. The van der Waals surface area contributed by atoms with E-state index in [4.69, 9.17) is 23.2 Å². The summed E-state index contributed by atoms with van der Waals surface area (Å²) in [6.45, 7) is 0. The molecule has 1 aromatic rings. The molecule has 2 atom stereocenters. The molecule has 21 heavy (non-hydrogen) atoms. The van der Waals surface area contributed by atoms with Gasteiger partial charge in [-0.3, -0.25) is 4.79 Å². The molecule has 112 valence electrons. The highest BCUT2D eigenvalue weighted by Gasteiger charge is 2.48. The summed E-state index contributed by atoms with van der Waals surface area (Å²) >= 11 is 13.7. The third-order valence-corrected chi connectivity index (χ3v) is 5.85. The van der Waals surface area contributed by atoms with Crippen LogP contribution in [0.4, 0.5) is 0 Å². The minimum Gasteiger partial charge on any atom is -0.480 e. The van der Waals surface area contributed by atoms with Crippen LogP contribution in [-0.4, -0.2) is 39.1 Å². The number of hydrogen-bond acceptors (Lipinski definition) is 3. The molecular weight excluding hydrogens is 333 g/mol. The van der Waals surface area contributed by atoms with Gasteiger partial charge in [-0.15, -0.1) is 11.8 Å². The SMILES string of the molecule is O=C(O)C1CSC(C2CC2)N1C(=O)c1c(Cl)cccc1Cl. The Kier molecular flexibility index (Phi) is 4.08. The lowest BCUT2D eigenvalue weighted by atomic mass is 10.1. The van der Waals surface area contributed by atoms with E-state index in [9.17, 15) is 14.7 Å². The zero-order valence-electron chi connectivity index (χ0n) is 11.0. The monoisotopic (exact) mass is 345 g/mol. The van der Waals surface area contributed by atoms with Gasteiger partial charge in [0.2, 0.25) is 0 Å². The van der Waals surface area contributed by atoms with Crippen LogP contribution in [0, 0.1) is 5.92 Å². The molecular formula is C14H13Cl2NO3S. The zero-order chi connectivity index (χ0) is 15.1. The Labute approximate surface area is 136 Å². The van der Waals surface area contributed by atoms with Crippen molar-refractivity contribution < 1.29 is 14.7 Å². The van der Waals surface area contributed by atoms with Gasteiger partial charge in [-0.25, -0.2) is 4.79 Å². The van der Waals surface area contributed by atoms with Crippen LogP contribution in [0.2, 0.25) is 10.0 Å². The molecule has 2 fully saturated rings. The normalized spacial score (nSPS) is 25.1. The molecule has 1 aromatic carbocycles. The molecule has 1 aliphatic heterocycles. The molecule has 2 aliphatic rings. The first kappa shape index (κ1) is 15.0. The first-order valence-corrected chi connectivity index (χ1v) is 8.42. The number of carboxylic acid groups (broad SMARTS) is 1. The molecule has 3 rings (SSSR count). The van der Waals surface area contributed by atoms with E-state index in [1.165, 1.54) is 16.7 Å². The summed E-state index contributed by atoms with van der Waals surface area (Å²) in [5.74, 6) is -0.587. The lowest BCUT2D eigenvalue weighted by Crippen LogP contribution is -2.46. The maximum atomic E-state index is 12.8. The van der Waals surface area contributed by atoms with Gasteiger partial charge in [0, 0.05) is 5.75 Å². The van der Waals surface area contributed by atoms with E-state index >= 15 is 0 Å². The molecule has 0 radical (unpaired) electrons. The number of nitrogens with zero attached hydrogens (tertiary/aromatic N) is 1. The molecule has 0 aromatic heterocycles. The number of carbonyl (C=O) groups is 2. The Bertz CT molecular complexity index is 586. The van der Waals surface area contributed by atoms with Crippen LogP contribution in [0.25, 0.3) is 0 Å². The minimum absolute atomic E-state index is 0.0917. The van der Waals surface area contributed by atoms with Crippen molar-refractivity contribution in [1.82, 2.24) is 4.90 Å². The van der Waals surface area contributed by atoms with Crippen molar-refractivity contribution in [2.24, 2.45) is 5.92 Å². The number of hydrogen-bond donors (Lipinski definition) is 1. The second-order valence-electron chi connectivity index (χ2n) is 5.22. The van der Waals surface area contributed by atoms with Crippen molar-refractivity contribution in [1.29, 1.82) is 0 Å². The first-order valence-electron chi connectivity index (χ1n) is 6.61. The zero-order valence-corrected chi connectivity index (χ0v) is 13.3. The maximum absolute atomic E-state index is 12.8. The number of aliphatic carboxylic acids is 1. The van der Waals surface area contributed by atoms with E-state index in [-0.39, 0.29) is 26.9 Å². The molecule has 1 saturated carbocycles. The summed E-state index contributed by atoms with van der Waals surface area (Å²) in [5.41, 5.74) is 0.195.